The molecule has 0 unspecified atom stereocenters. The number of hydrogen-bond acceptors (Lipinski definition) is 3. The lowest BCUT2D eigenvalue weighted by molar-refractivity contribution is 0.0734. The van der Waals surface area contributed by atoms with Crippen molar-refractivity contribution in [3.05, 3.63) is 66.0 Å². The van der Waals surface area contributed by atoms with Crippen LogP contribution in [0.5, 0.6) is 0 Å². The number of aliphatic hydroxyl groups is 1. The molecule has 0 spiro atoms. The van der Waals surface area contributed by atoms with Crippen LogP contribution in [-0.4, -0.2) is 40.6 Å². The summed E-state index contributed by atoms with van der Waals surface area (Å²) in [7, 11) is 0. The third-order valence-electron chi connectivity index (χ3n) is 4.13. The highest BCUT2D eigenvalue weighted by Gasteiger charge is 2.18. The van der Waals surface area contributed by atoms with Crippen LogP contribution in [0.2, 0.25) is 0 Å². The summed E-state index contributed by atoms with van der Waals surface area (Å²) in [5, 5.41) is 9.95. The molecule has 0 aliphatic carbocycles. The minimum absolute atomic E-state index is 0.0899. The summed E-state index contributed by atoms with van der Waals surface area (Å²) < 4.78 is 13.2. The molecule has 0 aliphatic heterocycles. The molecule has 0 radical (unpaired) electrons. The third-order valence-corrected chi connectivity index (χ3v) is 4.13. The number of hydrogen-bond donors (Lipinski definition) is 1. The second-order valence-corrected chi connectivity index (χ2v) is 5.69. The van der Waals surface area contributed by atoms with Crippen LogP contribution in [0, 0.1) is 5.82 Å². The molecule has 0 fully saturated rings. The van der Waals surface area contributed by atoms with E-state index >= 15 is 0 Å². The van der Waals surface area contributed by atoms with Crippen molar-refractivity contribution in [2.75, 3.05) is 19.7 Å². The Labute approximate surface area is 145 Å². The zero-order valence-electron chi connectivity index (χ0n) is 13.9. The van der Waals surface area contributed by atoms with Crippen LogP contribution in [-0.2, 0) is 0 Å². The fourth-order valence-electron chi connectivity index (χ4n) is 2.82. The van der Waals surface area contributed by atoms with E-state index in [1.165, 1.54) is 12.1 Å². The third kappa shape index (κ3) is 3.51. The lowest BCUT2D eigenvalue weighted by Crippen LogP contribution is -2.33. The Hall–Kier alpha value is -2.79. The average Bonchev–Trinajstić information content (AvgIpc) is 2.65. The molecular weight excluding hydrogens is 319 g/mol. The second kappa shape index (κ2) is 7.40. The number of aromatic nitrogens is 1. The molecule has 3 aromatic rings. The minimum Gasteiger partial charge on any atom is -0.395 e. The van der Waals surface area contributed by atoms with Gasteiger partial charge in [0, 0.05) is 24.0 Å². The summed E-state index contributed by atoms with van der Waals surface area (Å²) in [6, 6.07) is 15.2. The van der Waals surface area contributed by atoms with Crippen molar-refractivity contribution in [1.82, 2.24) is 9.88 Å². The summed E-state index contributed by atoms with van der Waals surface area (Å²) in [6.45, 7) is 2.56. The zero-order valence-corrected chi connectivity index (χ0v) is 13.9. The van der Waals surface area contributed by atoms with Gasteiger partial charge < -0.3 is 10.0 Å². The number of carbonyl (C=O) groups is 1. The molecule has 1 N–H and O–H groups in total. The molecule has 3 rings (SSSR count). The van der Waals surface area contributed by atoms with Crippen molar-refractivity contribution in [2.24, 2.45) is 0 Å². The molecule has 1 aromatic heterocycles. The van der Waals surface area contributed by atoms with Crippen LogP contribution < -0.4 is 0 Å². The maximum Gasteiger partial charge on any atom is 0.254 e. The largest absolute Gasteiger partial charge is 0.395 e. The second-order valence-electron chi connectivity index (χ2n) is 5.69. The number of likely N-dealkylation sites (N-methyl/N-ethyl adjacent to an activating group) is 1. The minimum atomic E-state index is -0.319. The van der Waals surface area contributed by atoms with E-state index in [0.717, 1.165) is 10.9 Å². The molecule has 0 aliphatic rings. The summed E-state index contributed by atoms with van der Waals surface area (Å²) in [5.74, 6) is -0.473. The molecule has 0 bridgehead atoms. The van der Waals surface area contributed by atoms with E-state index in [9.17, 15) is 14.3 Å². The summed E-state index contributed by atoms with van der Waals surface area (Å²) in [4.78, 5) is 19.1. The van der Waals surface area contributed by atoms with Gasteiger partial charge in [-0.1, -0.05) is 18.2 Å². The van der Waals surface area contributed by atoms with Gasteiger partial charge in [0.1, 0.15) is 5.82 Å². The highest BCUT2D eigenvalue weighted by molar-refractivity contribution is 6.07. The smallest absolute Gasteiger partial charge is 0.254 e. The molecule has 1 heterocycles. The quantitative estimate of drug-likeness (QED) is 0.775. The first-order chi connectivity index (χ1) is 12.1. The Morgan fingerprint density at radius 1 is 1.16 bits per heavy atom. The Morgan fingerprint density at radius 3 is 2.56 bits per heavy atom. The first-order valence-electron chi connectivity index (χ1n) is 8.20. The molecule has 1 amide bonds. The number of benzene rings is 2. The number of nitrogens with zero attached hydrogens (tertiary/aromatic N) is 2. The Balaban J connectivity index is 2.16. The van der Waals surface area contributed by atoms with Crippen molar-refractivity contribution in [3.63, 3.8) is 0 Å². The van der Waals surface area contributed by atoms with Crippen molar-refractivity contribution in [3.8, 4) is 11.3 Å². The van der Waals surface area contributed by atoms with Gasteiger partial charge in [0.25, 0.3) is 5.91 Å². The monoisotopic (exact) mass is 338 g/mol. The number of rotatable bonds is 5. The van der Waals surface area contributed by atoms with E-state index in [-0.39, 0.29) is 24.9 Å². The molecule has 25 heavy (non-hydrogen) atoms. The van der Waals surface area contributed by atoms with Crippen LogP contribution in [0.4, 0.5) is 4.39 Å². The number of pyridine rings is 1. The molecule has 0 atom stereocenters. The van der Waals surface area contributed by atoms with Crippen molar-refractivity contribution in [2.45, 2.75) is 6.92 Å². The number of halogens is 1. The van der Waals surface area contributed by atoms with Gasteiger partial charge in [-0.15, -0.1) is 0 Å². The average molecular weight is 338 g/mol. The van der Waals surface area contributed by atoms with E-state index in [0.29, 0.717) is 23.3 Å². The predicted molar refractivity (Wildman–Crippen MR) is 95.8 cm³/mol. The SMILES string of the molecule is CCN(CCO)C(=O)c1cc(-c2ccc(F)cc2)nc2ccccc12. The van der Waals surface area contributed by atoms with Gasteiger partial charge in [0.2, 0.25) is 0 Å². The molecule has 0 saturated heterocycles. The molecule has 5 heteroatoms. The van der Waals surface area contributed by atoms with Gasteiger partial charge in [0.15, 0.2) is 0 Å². The van der Waals surface area contributed by atoms with Crippen LogP contribution in [0.15, 0.2) is 54.6 Å². The topological polar surface area (TPSA) is 53.4 Å². The van der Waals surface area contributed by atoms with E-state index in [4.69, 9.17) is 0 Å². The van der Waals surface area contributed by atoms with Gasteiger partial charge in [0.05, 0.1) is 23.4 Å². The lowest BCUT2D eigenvalue weighted by atomic mass is 10.0. The molecule has 128 valence electrons. The highest BCUT2D eigenvalue weighted by atomic mass is 19.1. The maximum absolute atomic E-state index is 13.2. The van der Waals surface area contributed by atoms with Crippen LogP contribution in [0.1, 0.15) is 17.3 Å². The van der Waals surface area contributed by atoms with Crippen LogP contribution >= 0.6 is 0 Å². The first-order valence-corrected chi connectivity index (χ1v) is 8.20. The Morgan fingerprint density at radius 2 is 1.88 bits per heavy atom. The number of amides is 1. The number of carbonyl (C=O) groups excluding carboxylic acids is 1. The number of fused-ring (bicyclic) bond motifs is 1. The standard InChI is InChI=1S/C20H19FN2O2/c1-2-23(11-12-24)20(25)17-13-19(14-7-9-15(21)10-8-14)22-18-6-4-3-5-16(17)18/h3-10,13,24H,2,11-12H2,1H3. The summed E-state index contributed by atoms with van der Waals surface area (Å²) in [5.41, 5.74) is 2.58. The summed E-state index contributed by atoms with van der Waals surface area (Å²) in [6.07, 6.45) is 0. The van der Waals surface area contributed by atoms with Crippen molar-refractivity contribution >= 4 is 16.8 Å². The van der Waals surface area contributed by atoms with Gasteiger partial charge >= 0.3 is 0 Å². The molecular formula is C20H19FN2O2. The molecule has 2 aromatic carbocycles. The predicted octanol–water partition coefficient (Wildman–Crippen LogP) is 3.50. The Kier molecular flexibility index (Phi) is 5.05. The first kappa shape index (κ1) is 17.0. The van der Waals surface area contributed by atoms with E-state index in [2.05, 4.69) is 4.98 Å². The van der Waals surface area contributed by atoms with E-state index in [1.54, 1.807) is 23.1 Å². The fourth-order valence-corrected chi connectivity index (χ4v) is 2.82. The lowest BCUT2D eigenvalue weighted by Gasteiger charge is -2.21. The van der Waals surface area contributed by atoms with Crippen LogP contribution in [0.3, 0.4) is 0 Å². The number of para-hydroxylation sites is 1. The molecule has 4 nitrogen and oxygen atoms in total. The van der Waals surface area contributed by atoms with Crippen LogP contribution in [0.25, 0.3) is 22.2 Å². The normalized spacial score (nSPS) is 10.8. The molecule has 0 saturated carbocycles. The number of aliphatic hydroxyl groups excluding tert-OH is 1. The van der Waals surface area contributed by atoms with Gasteiger partial charge in [-0.25, -0.2) is 9.37 Å². The van der Waals surface area contributed by atoms with Crippen molar-refractivity contribution in [1.29, 1.82) is 0 Å². The van der Waals surface area contributed by atoms with E-state index in [1.807, 2.05) is 31.2 Å². The zero-order chi connectivity index (χ0) is 17.8. The van der Waals surface area contributed by atoms with Gasteiger partial charge in [-0.05, 0) is 43.3 Å². The Bertz CT molecular complexity index is 894. The highest BCUT2D eigenvalue weighted by Crippen LogP contribution is 2.26. The maximum atomic E-state index is 13.2. The summed E-state index contributed by atoms with van der Waals surface area (Å²) >= 11 is 0. The van der Waals surface area contributed by atoms with Gasteiger partial charge in [-0.2, -0.15) is 0 Å². The fraction of sp³-hybridized carbons (Fsp3) is 0.200. The van der Waals surface area contributed by atoms with Gasteiger partial charge in [-0.3, -0.25) is 4.79 Å². The van der Waals surface area contributed by atoms with E-state index < -0.39 is 0 Å². The van der Waals surface area contributed by atoms with Crippen molar-refractivity contribution < 1.29 is 14.3 Å².